The molecule has 0 aromatic heterocycles. The number of hydrogen-bond acceptors (Lipinski definition) is 5. The van der Waals surface area contributed by atoms with Crippen molar-refractivity contribution in [3.8, 4) is 0 Å². The van der Waals surface area contributed by atoms with E-state index in [0.717, 1.165) is 16.8 Å². The van der Waals surface area contributed by atoms with Crippen molar-refractivity contribution in [1.29, 1.82) is 0 Å². The van der Waals surface area contributed by atoms with Crippen molar-refractivity contribution >= 4 is 39.0 Å². The fraction of sp³-hybridized carbons (Fsp3) is 0.250. The third-order valence-electron chi connectivity index (χ3n) is 6.29. The molecule has 1 heterocycles. The Labute approximate surface area is 216 Å². The van der Waals surface area contributed by atoms with E-state index in [9.17, 15) is 22.8 Å². The molecule has 2 amide bonds. The first kappa shape index (κ1) is 26.2. The van der Waals surface area contributed by atoms with Crippen LogP contribution >= 0.6 is 0 Å². The minimum Gasteiger partial charge on any atom is -0.325 e. The van der Waals surface area contributed by atoms with Crippen LogP contribution in [0, 0.1) is 0 Å². The van der Waals surface area contributed by atoms with Crippen molar-refractivity contribution in [2.75, 3.05) is 16.8 Å². The van der Waals surface area contributed by atoms with Crippen LogP contribution in [0.5, 0.6) is 0 Å². The maximum atomic E-state index is 13.4. The van der Waals surface area contributed by atoms with Crippen molar-refractivity contribution in [2.24, 2.45) is 0 Å². The van der Waals surface area contributed by atoms with Crippen LogP contribution in [0.3, 0.4) is 0 Å². The van der Waals surface area contributed by atoms with Crippen molar-refractivity contribution in [1.82, 2.24) is 4.72 Å². The minimum atomic E-state index is -4.07. The van der Waals surface area contributed by atoms with Crippen LogP contribution in [-0.4, -0.2) is 38.6 Å². The molecule has 0 saturated heterocycles. The molecule has 9 heteroatoms. The van der Waals surface area contributed by atoms with E-state index in [0.29, 0.717) is 30.6 Å². The SMILES string of the molecule is CCC(=O)N1CCc2cc(S(=O)(=O)N[C@@H](Cc3ccccc3)C(=O)Nc3cccc(C(C)=O)c3)ccc21. The zero-order chi connectivity index (χ0) is 26.6. The number of ketones is 1. The first-order valence-electron chi connectivity index (χ1n) is 12.1. The van der Waals surface area contributed by atoms with Gasteiger partial charge in [-0.1, -0.05) is 49.4 Å². The van der Waals surface area contributed by atoms with Crippen molar-refractivity contribution in [3.63, 3.8) is 0 Å². The van der Waals surface area contributed by atoms with Gasteiger partial charge in [-0.3, -0.25) is 14.4 Å². The number of rotatable bonds is 9. The van der Waals surface area contributed by atoms with Gasteiger partial charge >= 0.3 is 0 Å². The summed E-state index contributed by atoms with van der Waals surface area (Å²) in [7, 11) is -4.07. The summed E-state index contributed by atoms with van der Waals surface area (Å²) in [6.45, 7) is 3.73. The van der Waals surface area contributed by atoms with E-state index in [4.69, 9.17) is 0 Å². The average molecular weight is 520 g/mol. The van der Waals surface area contributed by atoms with Crippen LogP contribution in [-0.2, 0) is 32.5 Å². The molecule has 4 rings (SSSR count). The molecule has 0 saturated carbocycles. The lowest BCUT2D eigenvalue weighted by atomic mass is 10.1. The molecular weight excluding hydrogens is 490 g/mol. The molecule has 0 fully saturated rings. The molecule has 0 unspecified atom stereocenters. The second kappa shape index (κ2) is 11.1. The predicted molar refractivity (Wildman–Crippen MR) is 142 cm³/mol. The van der Waals surface area contributed by atoms with E-state index in [1.54, 1.807) is 48.2 Å². The highest BCUT2D eigenvalue weighted by molar-refractivity contribution is 7.89. The smallest absolute Gasteiger partial charge is 0.242 e. The standard InChI is InChI=1S/C28H29N3O5S/c1-3-27(33)31-15-14-22-18-24(12-13-26(22)31)37(35,36)30-25(16-20-8-5-4-6-9-20)28(34)29-23-11-7-10-21(17-23)19(2)32/h4-13,17-18,25,30H,3,14-16H2,1-2H3,(H,29,34)/t25-/m0/s1. The third-order valence-corrected chi connectivity index (χ3v) is 7.76. The Morgan fingerprint density at radius 3 is 2.43 bits per heavy atom. The zero-order valence-corrected chi connectivity index (χ0v) is 21.5. The molecular formula is C28H29N3O5S. The van der Waals surface area contributed by atoms with Crippen molar-refractivity contribution < 1.29 is 22.8 Å². The lowest BCUT2D eigenvalue weighted by molar-refractivity contribution is -0.118. The van der Waals surface area contributed by atoms with Gasteiger partial charge in [-0.25, -0.2) is 8.42 Å². The highest BCUT2D eigenvalue weighted by Gasteiger charge is 2.29. The number of nitrogens with zero attached hydrogens (tertiary/aromatic N) is 1. The summed E-state index contributed by atoms with van der Waals surface area (Å²) in [6.07, 6.45) is 1.06. The van der Waals surface area contributed by atoms with E-state index in [1.807, 2.05) is 30.3 Å². The summed E-state index contributed by atoms with van der Waals surface area (Å²) in [4.78, 5) is 38.9. The molecule has 1 aliphatic heterocycles. The van der Waals surface area contributed by atoms with Crippen LogP contribution in [0.15, 0.2) is 77.7 Å². The van der Waals surface area contributed by atoms with Crippen molar-refractivity contribution in [3.05, 3.63) is 89.5 Å². The number of amides is 2. The van der Waals surface area contributed by atoms with Crippen LogP contribution < -0.4 is 14.9 Å². The van der Waals surface area contributed by atoms with Gasteiger partial charge in [-0.15, -0.1) is 0 Å². The van der Waals surface area contributed by atoms with Gasteiger partial charge in [0.1, 0.15) is 6.04 Å². The lowest BCUT2D eigenvalue weighted by Crippen LogP contribution is -2.45. The number of anilines is 2. The Morgan fingerprint density at radius 1 is 0.973 bits per heavy atom. The number of sulfonamides is 1. The Morgan fingerprint density at radius 2 is 1.73 bits per heavy atom. The van der Waals surface area contributed by atoms with E-state index >= 15 is 0 Å². The summed E-state index contributed by atoms with van der Waals surface area (Å²) in [5.41, 5.74) is 3.11. The highest BCUT2D eigenvalue weighted by Crippen LogP contribution is 2.30. The van der Waals surface area contributed by atoms with E-state index < -0.39 is 22.0 Å². The predicted octanol–water partition coefficient (Wildman–Crippen LogP) is 3.72. The summed E-state index contributed by atoms with van der Waals surface area (Å²) >= 11 is 0. The Balaban J connectivity index is 1.59. The molecule has 0 bridgehead atoms. The van der Waals surface area contributed by atoms with Gasteiger partial charge in [-0.2, -0.15) is 4.72 Å². The molecule has 0 spiro atoms. The number of carbonyl (C=O) groups is 3. The summed E-state index contributed by atoms with van der Waals surface area (Å²) in [5, 5.41) is 2.74. The Bertz CT molecular complexity index is 1440. The van der Waals surface area contributed by atoms with Gasteiger partial charge in [0.15, 0.2) is 5.78 Å². The second-order valence-electron chi connectivity index (χ2n) is 8.93. The van der Waals surface area contributed by atoms with Crippen molar-refractivity contribution in [2.45, 2.75) is 44.0 Å². The van der Waals surface area contributed by atoms with Gasteiger partial charge in [0, 0.05) is 29.9 Å². The molecule has 1 atom stereocenters. The summed E-state index contributed by atoms with van der Waals surface area (Å²) < 4.78 is 29.3. The first-order chi connectivity index (χ1) is 17.7. The molecule has 0 aliphatic carbocycles. The van der Waals surface area contributed by atoms with Gasteiger partial charge in [0.2, 0.25) is 21.8 Å². The van der Waals surface area contributed by atoms with Crippen LogP contribution in [0.4, 0.5) is 11.4 Å². The number of carbonyl (C=O) groups excluding carboxylic acids is 3. The first-order valence-corrected chi connectivity index (χ1v) is 13.6. The second-order valence-corrected chi connectivity index (χ2v) is 10.6. The number of Topliss-reactive ketones (excluding diaryl/α,β-unsaturated/α-hetero) is 1. The van der Waals surface area contributed by atoms with Gasteiger partial charge < -0.3 is 10.2 Å². The third kappa shape index (κ3) is 6.12. The molecule has 0 radical (unpaired) electrons. The molecule has 2 N–H and O–H groups in total. The molecule has 8 nitrogen and oxygen atoms in total. The van der Waals surface area contributed by atoms with Crippen LogP contribution in [0.2, 0.25) is 0 Å². The number of nitrogens with one attached hydrogen (secondary N) is 2. The molecule has 3 aromatic rings. The largest absolute Gasteiger partial charge is 0.325 e. The number of hydrogen-bond donors (Lipinski definition) is 2. The summed E-state index contributed by atoms with van der Waals surface area (Å²) in [6, 6.07) is 19.2. The molecule has 192 valence electrons. The quantitative estimate of drug-likeness (QED) is 0.419. The van der Waals surface area contributed by atoms with Gasteiger partial charge in [-0.05, 0) is 61.2 Å². The molecule has 3 aromatic carbocycles. The number of fused-ring (bicyclic) bond motifs is 1. The van der Waals surface area contributed by atoms with E-state index in [2.05, 4.69) is 10.0 Å². The van der Waals surface area contributed by atoms with E-state index in [-0.39, 0.29) is 23.0 Å². The highest BCUT2D eigenvalue weighted by atomic mass is 32.2. The fourth-order valence-corrected chi connectivity index (χ4v) is 5.58. The Hall–Kier alpha value is -3.82. The molecule has 37 heavy (non-hydrogen) atoms. The Kier molecular flexibility index (Phi) is 7.85. The minimum absolute atomic E-state index is 0.0130. The normalized spacial score (nSPS) is 13.6. The summed E-state index contributed by atoms with van der Waals surface area (Å²) in [5.74, 6) is -0.705. The number of benzene rings is 3. The maximum Gasteiger partial charge on any atom is 0.242 e. The van der Waals surface area contributed by atoms with E-state index in [1.165, 1.54) is 13.0 Å². The topological polar surface area (TPSA) is 113 Å². The van der Waals surface area contributed by atoms with Gasteiger partial charge in [0.25, 0.3) is 0 Å². The fourth-order valence-electron chi connectivity index (χ4n) is 4.33. The average Bonchev–Trinajstić information content (AvgIpc) is 3.32. The van der Waals surface area contributed by atoms with Crippen LogP contribution in [0.25, 0.3) is 0 Å². The zero-order valence-electron chi connectivity index (χ0n) is 20.7. The molecule has 1 aliphatic rings. The van der Waals surface area contributed by atoms with Gasteiger partial charge in [0.05, 0.1) is 4.90 Å². The monoisotopic (exact) mass is 519 g/mol. The maximum absolute atomic E-state index is 13.4. The van der Waals surface area contributed by atoms with Crippen LogP contribution in [0.1, 0.15) is 41.8 Å². The lowest BCUT2D eigenvalue weighted by Gasteiger charge is -2.20.